The summed E-state index contributed by atoms with van der Waals surface area (Å²) < 4.78 is 12.8. The van der Waals surface area contributed by atoms with Crippen LogP contribution in [0.1, 0.15) is 23.0 Å². The first kappa shape index (κ1) is 14.0. The molecule has 0 radical (unpaired) electrons. The van der Waals surface area contributed by atoms with E-state index in [2.05, 4.69) is 10.3 Å². The summed E-state index contributed by atoms with van der Waals surface area (Å²) in [5.41, 5.74) is 0.919. The summed E-state index contributed by atoms with van der Waals surface area (Å²) in [5.74, 6) is -0.874. The lowest BCUT2D eigenvalue weighted by atomic mass is 10.1. The van der Waals surface area contributed by atoms with Crippen molar-refractivity contribution in [2.24, 2.45) is 0 Å². The standard InChI is InChI=1S/C15H15FN2O2/c1-10(9-11-4-6-12(16)7-5-11)18-15(20)14-13(19)3-2-8-17-14/h2-8,10,19H,9H2,1H3,(H,18,20). The zero-order chi connectivity index (χ0) is 14.5. The van der Waals surface area contributed by atoms with Crippen molar-refractivity contribution in [1.82, 2.24) is 10.3 Å². The van der Waals surface area contributed by atoms with Crippen LogP contribution < -0.4 is 5.32 Å². The SMILES string of the molecule is CC(Cc1ccc(F)cc1)NC(=O)c1ncccc1O. The van der Waals surface area contributed by atoms with Gasteiger partial charge in [-0.2, -0.15) is 0 Å². The Bertz CT molecular complexity index is 599. The van der Waals surface area contributed by atoms with Crippen molar-refractivity contribution in [3.63, 3.8) is 0 Å². The number of nitrogens with one attached hydrogen (secondary N) is 1. The molecule has 2 aromatic rings. The van der Waals surface area contributed by atoms with Gasteiger partial charge in [0.15, 0.2) is 5.69 Å². The second kappa shape index (κ2) is 6.14. The van der Waals surface area contributed by atoms with Crippen molar-refractivity contribution in [3.8, 4) is 5.75 Å². The topological polar surface area (TPSA) is 62.2 Å². The first-order chi connectivity index (χ1) is 9.56. The van der Waals surface area contributed by atoms with Gasteiger partial charge in [-0.25, -0.2) is 9.37 Å². The summed E-state index contributed by atoms with van der Waals surface area (Å²) in [5, 5.41) is 12.3. The molecule has 1 amide bonds. The average molecular weight is 274 g/mol. The van der Waals surface area contributed by atoms with Crippen LogP contribution in [0.25, 0.3) is 0 Å². The Hall–Kier alpha value is -2.43. The third-order valence-electron chi connectivity index (χ3n) is 2.83. The first-order valence-electron chi connectivity index (χ1n) is 6.25. The van der Waals surface area contributed by atoms with Crippen molar-refractivity contribution in [2.45, 2.75) is 19.4 Å². The molecule has 4 nitrogen and oxygen atoms in total. The predicted octanol–water partition coefficient (Wildman–Crippen LogP) is 2.29. The molecule has 0 saturated heterocycles. The van der Waals surface area contributed by atoms with Crippen LogP contribution >= 0.6 is 0 Å². The van der Waals surface area contributed by atoms with E-state index in [1.165, 1.54) is 24.4 Å². The maximum atomic E-state index is 12.8. The van der Waals surface area contributed by atoms with Gasteiger partial charge in [0.25, 0.3) is 5.91 Å². The van der Waals surface area contributed by atoms with E-state index in [1.807, 2.05) is 6.92 Å². The lowest BCUT2D eigenvalue weighted by molar-refractivity contribution is 0.0932. The van der Waals surface area contributed by atoms with E-state index in [0.717, 1.165) is 5.56 Å². The van der Waals surface area contributed by atoms with Crippen LogP contribution in [0.15, 0.2) is 42.6 Å². The zero-order valence-electron chi connectivity index (χ0n) is 11.0. The molecule has 0 aliphatic carbocycles. The Labute approximate surface area is 116 Å². The van der Waals surface area contributed by atoms with Gasteiger partial charge in [0.1, 0.15) is 11.6 Å². The zero-order valence-corrected chi connectivity index (χ0v) is 11.0. The molecule has 1 aromatic carbocycles. The van der Waals surface area contributed by atoms with E-state index in [-0.39, 0.29) is 23.3 Å². The van der Waals surface area contributed by atoms with Gasteiger partial charge in [-0.15, -0.1) is 0 Å². The molecule has 104 valence electrons. The lowest BCUT2D eigenvalue weighted by Crippen LogP contribution is -2.34. The highest BCUT2D eigenvalue weighted by Crippen LogP contribution is 2.13. The number of carbonyl (C=O) groups excluding carboxylic acids is 1. The summed E-state index contributed by atoms with van der Waals surface area (Å²) in [7, 11) is 0. The number of rotatable bonds is 4. The molecule has 0 aliphatic heterocycles. The summed E-state index contributed by atoms with van der Waals surface area (Å²) in [6.07, 6.45) is 2.01. The molecule has 0 saturated carbocycles. The number of hydrogen-bond donors (Lipinski definition) is 2. The van der Waals surface area contributed by atoms with Crippen molar-refractivity contribution in [3.05, 3.63) is 59.7 Å². The molecule has 0 aliphatic rings. The van der Waals surface area contributed by atoms with E-state index >= 15 is 0 Å². The first-order valence-corrected chi connectivity index (χ1v) is 6.25. The molecule has 2 rings (SSSR count). The molecular formula is C15H15FN2O2. The van der Waals surface area contributed by atoms with Crippen molar-refractivity contribution < 1.29 is 14.3 Å². The highest BCUT2D eigenvalue weighted by atomic mass is 19.1. The molecule has 1 atom stereocenters. The van der Waals surface area contributed by atoms with Gasteiger partial charge in [-0.1, -0.05) is 12.1 Å². The number of aromatic hydroxyl groups is 1. The number of pyridine rings is 1. The third-order valence-corrected chi connectivity index (χ3v) is 2.83. The number of aromatic nitrogens is 1. The van der Waals surface area contributed by atoms with E-state index in [0.29, 0.717) is 6.42 Å². The minimum atomic E-state index is -0.433. The molecule has 1 aromatic heterocycles. The number of benzene rings is 1. The fourth-order valence-electron chi connectivity index (χ4n) is 1.89. The minimum absolute atomic E-state index is 0.00143. The van der Waals surface area contributed by atoms with E-state index in [9.17, 15) is 14.3 Å². The van der Waals surface area contributed by atoms with Gasteiger partial charge in [0, 0.05) is 12.2 Å². The maximum absolute atomic E-state index is 12.8. The molecule has 0 spiro atoms. The quantitative estimate of drug-likeness (QED) is 0.899. The van der Waals surface area contributed by atoms with Crippen LogP contribution in [-0.4, -0.2) is 22.0 Å². The summed E-state index contributed by atoms with van der Waals surface area (Å²) >= 11 is 0. The monoisotopic (exact) mass is 274 g/mol. The number of carbonyl (C=O) groups is 1. The Balaban J connectivity index is 1.98. The molecule has 0 bridgehead atoms. The van der Waals surface area contributed by atoms with Crippen LogP contribution in [-0.2, 0) is 6.42 Å². The van der Waals surface area contributed by atoms with Crippen LogP contribution in [0.3, 0.4) is 0 Å². The highest BCUT2D eigenvalue weighted by molar-refractivity contribution is 5.94. The van der Waals surface area contributed by atoms with E-state index in [1.54, 1.807) is 18.2 Å². The summed E-state index contributed by atoms with van der Waals surface area (Å²) in [4.78, 5) is 15.8. The fraction of sp³-hybridized carbons (Fsp3) is 0.200. The number of halogens is 1. The largest absolute Gasteiger partial charge is 0.505 e. The van der Waals surface area contributed by atoms with Crippen molar-refractivity contribution >= 4 is 5.91 Å². The number of nitrogens with zero attached hydrogens (tertiary/aromatic N) is 1. The highest BCUT2D eigenvalue weighted by Gasteiger charge is 2.14. The van der Waals surface area contributed by atoms with Crippen LogP contribution in [0, 0.1) is 5.82 Å². The smallest absolute Gasteiger partial charge is 0.273 e. The van der Waals surface area contributed by atoms with Gasteiger partial charge in [0.2, 0.25) is 0 Å². The van der Waals surface area contributed by atoms with E-state index in [4.69, 9.17) is 0 Å². The molecule has 5 heteroatoms. The molecule has 20 heavy (non-hydrogen) atoms. The van der Waals surface area contributed by atoms with Crippen LogP contribution in [0.5, 0.6) is 5.75 Å². The number of hydrogen-bond acceptors (Lipinski definition) is 3. The molecular weight excluding hydrogens is 259 g/mol. The van der Waals surface area contributed by atoms with Gasteiger partial charge in [0.05, 0.1) is 0 Å². The Morgan fingerprint density at radius 2 is 2.05 bits per heavy atom. The Kier molecular flexibility index (Phi) is 4.30. The average Bonchev–Trinajstić information content (AvgIpc) is 2.41. The van der Waals surface area contributed by atoms with Gasteiger partial charge >= 0.3 is 0 Å². The van der Waals surface area contributed by atoms with Gasteiger partial charge in [-0.05, 0) is 43.2 Å². The number of amides is 1. The molecule has 0 fully saturated rings. The predicted molar refractivity (Wildman–Crippen MR) is 72.9 cm³/mol. The Morgan fingerprint density at radius 1 is 1.35 bits per heavy atom. The normalized spacial score (nSPS) is 11.9. The maximum Gasteiger partial charge on any atom is 0.273 e. The van der Waals surface area contributed by atoms with Gasteiger partial charge in [-0.3, -0.25) is 4.79 Å². The minimum Gasteiger partial charge on any atom is -0.505 e. The van der Waals surface area contributed by atoms with E-state index < -0.39 is 5.91 Å². The molecule has 1 heterocycles. The fourth-order valence-corrected chi connectivity index (χ4v) is 1.89. The van der Waals surface area contributed by atoms with Crippen molar-refractivity contribution in [2.75, 3.05) is 0 Å². The lowest BCUT2D eigenvalue weighted by Gasteiger charge is -2.14. The van der Waals surface area contributed by atoms with Crippen molar-refractivity contribution in [1.29, 1.82) is 0 Å². The Morgan fingerprint density at radius 3 is 2.70 bits per heavy atom. The molecule has 1 unspecified atom stereocenters. The van der Waals surface area contributed by atoms with Crippen LogP contribution in [0.4, 0.5) is 4.39 Å². The second-order valence-corrected chi connectivity index (χ2v) is 4.58. The second-order valence-electron chi connectivity index (χ2n) is 4.58. The molecule has 2 N–H and O–H groups in total. The third kappa shape index (κ3) is 3.54. The summed E-state index contributed by atoms with van der Waals surface area (Å²) in [6, 6.07) is 8.92. The van der Waals surface area contributed by atoms with Gasteiger partial charge < -0.3 is 10.4 Å². The summed E-state index contributed by atoms with van der Waals surface area (Å²) in [6.45, 7) is 1.83. The van der Waals surface area contributed by atoms with Crippen LogP contribution in [0.2, 0.25) is 0 Å².